The third-order valence-electron chi connectivity index (χ3n) is 2.87. The second-order valence-corrected chi connectivity index (χ2v) is 4.26. The molecule has 7 nitrogen and oxygen atoms in total. The Balaban J connectivity index is 1.77. The Bertz CT molecular complexity index is 751. The summed E-state index contributed by atoms with van der Waals surface area (Å²) in [6, 6.07) is 7.33. The maximum atomic E-state index is 12.0. The van der Waals surface area contributed by atoms with Gasteiger partial charge in [-0.05, 0) is 24.3 Å². The largest absolute Gasteiger partial charge is 0.382 e. The molecule has 7 heteroatoms. The summed E-state index contributed by atoms with van der Waals surface area (Å²) < 4.78 is 1.87. The van der Waals surface area contributed by atoms with Gasteiger partial charge in [0.05, 0.1) is 6.33 Å². The molecule has 0 aliphatic heterocycles. The highest BCUT2D eigenvalue weighted by Crippen LogP contribution is 2.14. The molecule has 2 aromatic heterocycles. The van der Waals surface area contributed by atoms with E-state index in [1.165, 1.54) is 12.4 Å². The Hall–Kier alpha value is -3.22. The van der Waals surface area contributed by atoms with Crippen molar-refractivity contribution >= 4 is 17.4 Å². The van der Waals surface area contributed by atoms with E-state index in [0.29, 0.717) is 5.69 Å². The highest BCUT2D eigenvalue weighted by Gasteiger charge is 2.12. The van der Waals surface area contributed by atoms with Crippen LogP contribution in [0, 0.1) is 0 Å². The number of hydrogen-bond acceptors (Lipinski definition) is 5. The molecule has 0 radical (unpaired) electrons. The fourth-order valence-corrected chi connectivity index (χ4v) is 1.84. The second-order valence-electron chi connectivity index (χ2n) is 4.26. The number of nitrogens with zero attached hydrogens (tertiary/aromatic N) is 4. The summed E-state index contributed by atoms with van der Waals surface area (Å²) in [5.74, 6) is -0.291. The minimum atomic E-state index is -0.393. The summed E-state index contributed by atoms with van der Waals surface area (Å²) in [4.78, 5) is 23.8. The summed E-state index contributed by atoms with van der Waals surface area (Å²) >= 11 is 0. The van der Waals surface area contributed by atoms with Crippen LogP contribution in [0.4, 0.5) is 11.5 Å². The predicted octanol–water partition coefficient (Wildman–Crippen LogP) is 1.50. The van der Waals surface area contributed by atoms with Crippen LogP contribution in [0.3, 0.4) is 0 Å². The van der Waals surface area contributed by atoms with Gasteiger partial charge in [0.15, 0.2) is 11.5 Å². The first-order valence-electron chi connectivity index (χ1n) is 6.20. The van der Waals surface area contributed by atoms with Crippen molar-refractivity contribution in [2.45, 2.75) is 0 Å². The number of carbonyl (C=O) groups excluding carboxylic acids is 1. The van der Waals surface area contributed by atoms with E-state index in [1.807, 2.05) is 22.9 Å². The minimum Gasteiger partial charge on any atom is -0.382 e. The molecular weight excluding hydrogens is 268 g/mol. The Morgan fingerprint density at radius 3 is 2.52 bits per heavy atom. The lowest BCUT2D eigenvalue weighted by Gasteiger charge is -2.07. The standard InChI is InChI=1S/C14H12N6O/c15-13-12(17-5-6-18-13)14(21)19-10-1-3-11(4-2-10)20-8-7-16-9-20/h1-9H,(H2,15,18)(H,19,21). The predicted molar refractivity (Wildman–Crippen MR) is 78.0 cm³/mol. The van der Waals surface area contributed by atoms with Crippen LogP contribution in [0.25, 0.3) is 5.69 Å². The molecule has 1 aromatic carbocycles. The van der Waals surface area contributed by atoms with Crippen molar-refractivity contribution in [2.24, 2.45) is 0 Å². The molecule has 0 atom stereocenters. The van der Waals surface area contributed by atoms with Gasteiger partial charge in [0, 0.05) is 36.2 Å². The van der Waals surface area contributed by atoms with Crippen molar-refractivity contribution in [1.29, 1.82) is 0 Å². The van der Waals surface area contributed by atoms with E-state index >= 15 is 0 Å². The fraction of sp³-hybridized carbons (Fsp3) is 0. The number of nitrogens with one attached hydrogen (secondary N) is 1. The molecule has 1 amide bonds. The normalized spacial score (nSPS) is 10.3. The number of aromatic nitrogens is 4. The van der Waals surface area contributed by atoms with Crippen LogP contribution in [0.5, 0.6) is 0 Å². The lowest BCUT2D eigenvalue weighted by atomic mass is 10.2. The van der Waals surface area contributed by atoms with Crippen molar-refractivity contribution < 1.29 is 4.79 Å². The maximum Gasteiger partial charge on any atom is 0.278 e. The summed E-state index contributed by atoms with van der Waals surface area (Å²) in [5.41, 5.74) is 7.32. The quantitative estimate of drug-likeness (QED) is 0.757. The SMILES string of the molecule is Nc1nccnc1C(=O)Nc1ccc(-n2ccnc2)cc1. The van der Waals surface area contributed by atoms with E-state index in [0.717, 1.165) is 5.69 Å². The number of hydrogen-bond donors (Lipinski definition) is 2. The molecule has 0 fully saturated rings. The van der Waals surface area contributed by atoms with Gasteiger partial charge < -0.3 is 15.6 Å². The highest BCUT2D eigenvalue weighted by molar-refractivity contribution is 6.05. The molecule has 0 spiro atoms. The van der Waals surface area contributed by atoms with E-state index in [4.69, 9.17) is 5.73 Å². The van der Waals surface area contributed by atoms with Crippen molar-refractivity contribution in [3.8, 4) is 5.69 Å². The zero-order chi connectivity index (χ0) is 14.7. The lowest BCUT2D eigenvalue weighted by Crippen LogP contribution is -2.16. The Morgan fingerprint density at radius 2 is 1.86 bits per heavy atom. The summed E-state index contributed by atoms with van der Waals surface area (Å²) in [6.07, 6.45) is 8.10. The van der Waals surface area contributed by atoms with Crippen LogP contribution in [0.1, 0.15) is 10.5 Å². The molecule has 0 unspecified atom stereocenters. The average Bonchev–Trinajstić information content (AvgIpc) is 3.02. The maximum absolute atomic E-state index is 12.0. The lowest BCUT2D eigenvalue weighted by molar-refractivity contribution is 0.102. The third kappa shape index (κ3) is 2.71. The van der Waals surface area contributed by atoms with Crippen LogP contribution in [0.15, 0.2) is 55.4 Å². The van der Waals surface area contributed by atoms with Gasteiger partial charge in [0.25, 0.3) is 5.91 Å². The molecule has 2 heterocycles. The smallest absolute Gasteiger partial charge is 0.278 e. The van der Waals surface area contributed by atoms with Crippen LogP contribution < -0.4 is 11.1 Å². The number of nitrogen functional groups attached to an aromatic ring is 1. The third-order valence-corrected chi connectivity index (χ3v) is 2.87. The molecule has 0 aliphatic carbocycles. The van der Waals surface area contributed by atoms with Crippen molar-refractivity contribution in [3.63, 3.8) is 0 Å². The van der Waals surface area contributed by atoms with Crippen molar-refractivity contribution in [1.82, 2.24) is 19.5 Å². The summed E-state index contributed by atoms with van der Waals surface area (Å²) in [6.45, 7) is 0. The van der Waals surface area contributed by atoms with Gasteiger partial charge in [-0.2, -0.15) is 0 Å². The number of anilines is 2. The highest BCUT2D eigenvalue weighted by atomic mass is 16.1. The summed E-state index contributed by atoms with van der Waals surface area (Å²) in [7, 11) is 0. The van der Waals surface area contributed by atoms with E-state index < -0.39 is 5.91 Å². The monoisotopic (exact) mass is 280 g/mol. The first-order chi connectivity index (χ1) is 10.2. The van der Waals surface area contributed by atoms with Crippen LogP contribution in [-0.2, 0) is 0 Å². The second kappa shape index (κ2) is 5.41. The first-order valence-corrected chi connectivity index (χ1v) is 6.20. The molecule has 0 saturated heterocycles. The van der Waals surface area contributed by atoms with Gasteiger partial charge >= 0.3 is 0 Å². The molecule has 0 saturated carbocycles. The first kappa shape index (κ1) is 12.8. The molecule has 21 heavy (non-hydrogen) atoms. The van der Waals surface area contributed by atoms with E-state index in [9.17, 15) is 4.79 Å². The van der Waals surface area contributed by atoms with Gasteiger partial charge in [-0.25, -0.2) is 15.0 Å². The van der Waals surface area contributed by atoms with Crippen LogP contribution >= 0.6 is 0 Å². The zero-order valence-electron chi connectivity index (χ0n) is 11.0. The number of imidazole rings is 1. The fourth-order valence-electron chi connectivity index (χ4n) is 1.84. The van der Waals surface area contributed by atoms with Gasteiger partial charge in [-0.15, -0.1) is 0 Å². The van der Waals surface area contributed by atoms with Crippen molar-refractivity contribution in [2.75, 3.05) is 11.1 Å². The van der Waals surface area contributed by atoms with Gasteiger partial charge in [0.2, 0.25) is 0 Å². The number of benzene rings is 1. The Labute approximate surface area is 120 Å². The zero-order valence-corrected chi connectivity index (χ0v) is 11.0. The molecule has 3 aromatic rings. The number of amides is 1. The number of rotatable bonds is 3. The van der Waals surface area contributed by atoms with Crippen LogP contribution in [0.2, 0.25) is 0 Å². The minimum absolute atomic E-state index is 0.102. The number of carbonyl (C=O) groups is 1. The topological polar surface area (TPSA) is 98.7 Å². The van der Waals surface area contributed by atoms with Gasteiger partial charge in [-0.1, -0.05) is 0 Å². The van der Waals surface area contributed by atoms with Gasteiger partial charge in [0.1, 0.15) is 0 Å². The Kier molecular flexibility index (Phi) is 3.30. The molecule has 0 aliphatic rings. The van der Waals surface area contributed by atoms with E-state index in [-0.39, 0.29) is 11.5 Å². The van der Waals surface area contributed by atoms with E-state index in [2.05, 4.69) is 20.3 Å². The Morgan fingerprint density at radius 1 is 1.10 bits per heavy atom. The molecular formula is C14H12N6O. The van der Waals surface area contributed by atoms with E-state index in [1.54, 1.807) is 24.7 Å². The van der Waals surface area contributed by atoms with Crippen molar-refractivity contribution in [3.05, 3.63) is 61.1 Å². The molecule has 3 rings (SSSR count). The molecule has 104 valence electrons. The molecule has 3 N–H and O–H groups in total. The molecule has 0 bridgehead atoms. The van der Waals surface area contributed by atoms with Gasteiger partial charge in [-0.3, -0.25) is 4.79 Å². The summed E-state index contributed by atoms with van der Waals surface area (Å²) in [5, 5.41) is 2.73. The van der Waals surface area contributed by atoms with Crippen LogP contribution in [-0.4, -0.2) is 25.4 Å². The number of nitrogens with two attached hydrogens (primary N) is 1. The average molecular weight is 280 g/mol.